The predicted octanol–water partition coefficient (Wildman–Crippen LogP) is 5.64. The lowest BCUT2D eigenvalue weighted by atomic mass is 9.59. The fourth-order valence-corrected chi connectivity index (χ4v) is 3.21. The Hall–Kier alpha value is 0.290. The molecule has 0 saturated carbocycles. The minimum atomic E-state index is -0.0851. The Balaban J connectivity index is 5.33. The smallest absolute Gasteiger partial charge is 0.0548 e. The number of rotatable bonds is 6. The van der Waals surface area contributed by atoms with Crippen LogP contribution in [-0.2, 0) is 0 Å². The van der Waals surface area contributed by atoms with Gasteiger partial charge in [-0.2, -0.15) is 0 Å². The van der Waals surface area contributed by atoms with Crippen molar-refractivity contribution >= 4 is 11.6 Å². The van der Waals surface area contributed by atoms with Crippen molar-refractivity contribution in [1.82, 2.24) is 0 Å². The van der Waals surface area contributed by atoms with Gasteiger partial charge in [-0.15, -0.1) is 11.6 Å². The Labute approximate surface area is 102 Å². The third-order valence-electron chi connectivity index (χ3n) is 4.96. The fourth-order valence-electron chi connectivity index (χ4n) is 2.81. The molecule has 0 aromatic heterocycles. The maximum absolute atomic E-state index is 7.02. The molecule has 0 nitrogen and oxygen atoms in total. The third kappa shape index (κ3) is 2.35. The van der Waals surface area contributed by atoms with Gasteiger partial charge in [0.15, 0.2) is 0 Å². The molecule has 0 N–H and O–H groups in total. The summed E-state index contributed by atoms with van der Waals surface area (Å²) in [6.07, 6.45) is 4.50. The highest BCUT2D eigenvalue weighted by Crippen LogP contribution is 2.56. The molecule has 0 heterocycles. The molecule has 0 rings (SSSR count). The van der Waals surface area contributed by atoms with Crippen molar-refractivity contribution in [2.45, 2.75) is 79.0 Å². The van der Waals surface area contributed by atoms with Gasteiger partial charge in [0.1, 0.15) is 0 Å². The van der Waals surface area contributed by atoms with Crippen LogP contribution in [0, 0.1) is 10.8 Å². The average Bonchev–Trinajstić information content (AvgIpc) is 2.26. The van der Waals surface area contributed by atoms with Gasteiger partial charge in [0.25, 0.3) is 0 Å². The molecular formula is C14H29Cl. The lowest BCUT2D eigenvalue weighted by Gasteiger charge is -2.53. The summed E-state index contributed by atoms with van der Waals surface area (Å²) in [5, 5.41) is 0. The Morgan fingerprint density at radius 2 is 1.13 bits per heavy atom. The predicted molar refractivity (Wildman–Crippen MR) is 71.6 cm³/mol. The fraction of sp³-hybridized carbons (Fsp3) is 1.00. The lowest BCUT2D eigenvalue weighted by molar-refractivity contribution is 0.0714. The first-order valence-electron chi connectivity index (χ1n) is 6.43. The second kappa shape index (κ2) is 5.08. The van der Waals surface area contributed by atoms with Gasteiger partial charge in [-0.3, -0.25) is 0 Å². The molecule has 0 fully saturated rings. The van der Waals surface area contributed by atoms with E-state index < -0.39 is 0 Å². The van der Waals surface area contributed by atoms with E-state index in [-0.39, 0.29) is 15.7 Å². The molecule has 1 unspecified atom stereocenters. The first kappa shape index (κ1) is 15.3. The maximum Gasteiger partial charge on any atom is 0.0548 e. The van der Waals surface area contributed by atoms with Crippen LogP contribution >= 0.6 is 11.6 Å². The van der Waals surface area contributed by atoms with Crippen molar-refractivity contribution in [3.05, 3.63) is 0 Å². The minimum absolute atomic E-state index is 0.0851. The van der Waals surface area contributed by atoms with Crippen molar-refractivity contribution in [2.24, 2.45) is 10.8 Å². The first-order valence-corrected chi connectivity index (χ1v) is 6.81. The van der Waals surface area contributed by atoms with E-state index in [9.17, 15) is 0 Å². The van der Waals surface area contributed by atoms with E-state index >= 15 is 0 Å². The molecule has 0 aromatic rings. The van der Waals surface area contributed by atoms with E-state index in [0.717, 1.165) is 25.7 Å². The van der Waals surface area contributed by atoms with Gasteiger partial charge < -0.3 is 0 Å². The van der Waals surface area contributed by atoms with Crippen LogP contribution in [-0.4, -0.2) is 4.87 Å². The Morgan fingerprint density at radius 3 is 1.33 bits per heavy atom. The van der Waals surface area contributed by atoms with Crippen molar-refractivity contribution in [3.8, 4) is 0 Å². The van der Waals surface area contributed by atoms with Gasteiger partial charge in [-0.25, -0.2) is 0 Å². The van der Waals surface area contributed by atoms with Crippen LogP contribution in [0.1, 0.15) is 74.1 Å². The van der Waals surface area contributed by atoms with E-state index in [0.29, 0.717) is 0 Å². The van der Waals surface area contributed by atoms with Crippen LogP contribution in [0.25, 0.3) is 0 Å². The van der Waals surface area contributed by atoms with Gasteiger partial charge in [0.2, 0.25) is 0 Å². The summed E-state index contributed by atoms with van der Waals surface area (Å²) < 4.78 is 0. The molecule has 1 atom stereocenters. The van der Waals surface area contributed by atoms with E-state index in [4.69, 9.17) is 11.6 Å². The van der Waals surface area contributed by atoms with Gasteiger partial charge in [-0.05, 0) is 36.5 Å². The monoisotopic (exact) mass is 232 g/mol. The highest BCUT2D eigenvalue weighted by atomic mass is 35.5. The van der Waals surface area contributed by atoms with Gasteiger partial charge in [-0.1, -0.05) is 48.5 Å². The van der Waals surface area contributed by atoms with E-state index in [1.165, 1.54) is 0 Å². The van der Waals surface area contributed by atoms with Crippen LogP contribution in [0.4, 0.5) is 0 Å². The zero-order chi connectivity index (χ0) is 12.3. The highest BCUT2D eigenvalue weighted by molar-refractivity contribution is 6.25. The molecule has 0 spiro atoms. The highest BCUT2D eigenvalue weighted by Gasteiger charge is 2.51. The summed E-state index contributed by atoms with van der Waals surface area (Å²) in [6, 6.07) is 0. The van der Waals surface area contributed by atoms with Crippen molar-refractivity contribution in [1.29, 1.82) is 0 Å². The topological polar surface area (TPSA) is 0 Å². The summed E-state index contributed by atoms with van der Waals surface area (Å²) in [6.45, 7) is 16.0. The van der Waals surface area contributed by atoms with Crippen LogP contribution in [0.3, 0.4) is 0 Å². The van der Waals surface area contributed by atoms with E-state index in [1.54, 1.807) is 0 Å². The molecule has 0 amide bonds. The molecule has 0 aromatic carbocycles. The lowest BCUT2D eigenvalue weighted by Crippen LogP contribution is -2.51. The molecule has 15 heavy (non-hydrogen) atoms. The van der Waals surface area contributed by atoms with Crippen molar-refractivity contribution < 1.29 is 0 Å². The molecule has 0 bridgehead atoms. The largest absolute Gasteiger partial charge is 0.118 e. The molecular weight excluding hydrogens is 204 g/mol. The van der Waals surface area contributed by atoms with Crippen molar-refractivity contribution in [2.75, 3.05) is 0 Å². The van der Waals surface area contributed by atoms with Gasteiger partial charge in [0, 0.05) is 0 Å². The number of hydrogen-bond acceptors (Lipinski definition) is 0. The molecule has 0 radical (unpaired) electrons. The zero-order valence-electron chi connectivity index (χ0n) is 11.7. The zero-order valence-corrected chi connectivity index (χ0v) is 12.5. The van der Waals surface area contributed by atoms with Gasteiger partial charge in [0.05, 0.1) is 4.87 Å². The minimum Gasteiger partial charge on any atom is -0.118 e. The van der Waals surface area contributed by atoms with Crippen molar-refractivity contribution in [3.63, 3.8) is 0 Å². The Bertz CT molecular complexity index is 192. The van der Waals surface area contributed by atoms with Crippen LogP contribution in [0.2, 0.25) is 0 Å². The standard InChI is InChI=1S/C14H29Cl/c1-8-12(5,6)14(15,11-4)13(7,9-2)10-3/h8-11H2,1-7H3. The van der Waals surface area contributed by atoms with Gasteiger partial charge >= 0.3 is 0 Å². The van der Waals surface area contributed by atoms with Crippen LogP contribution in [0.15, 0.2) is 0 Å². The second-order valence-electron chi connectivity index (χ2n) is 5.66. The Morgan fingerprint density at radius 1 is 0.733 bits per heavy atom. The molecule has 0 saturated heterocycles. The molecule has 1 heteroatoms. The third-order valence-corrected chi connectivity index (χ3v) is 6.20. The summed E-state index contributed by atoms with van der Waals surface area (Å²) >= 11 is 7.02. The summed E-state index contributed by atoms with van der Waals surface area (Å²) in [4.78, 5) is -0.0851. The van der Waals surface area contributed by atoms with Crippen LogP contribution < -0.4 is 0 Å². The maximum atomic E-state index is 7.02. The second-order valence-corrected chi connectivity index (χ2v) is 6.31. The van der Waals surface area contributed by atoms with E-state index in [1.807, 2.05) is 0 Å². The summed E-state index contributed by atoms with van der Waals surface area (Å²) in [5.41, 5.74) is 0.437. The number of alkyl halides is 1. The summed E-state index contributed by atoms with van der Waals surface area (Å²) in [7, 11) is 0. The summed E-state index contributed by atoms with van der Waals surface area (Å²) in [5.74, 6) is 0. The normalized spacial score (nSPS) is 17.6. The van der Waals surface area contributed by atoms with E-state index in [2.05, 4.69) is 48.5 Å². The first-order chi connectivity index (χ1) is 6.74. The number of halogens is 1. The number of hydrogen-bond donors (Lipinski definition) is 0. The quantitative estimate of drug-likeness (QED) is 0.520. The molecule has 0 aliphatic carbocycles. The average molecular weight is 233 g/mol. The van der Waals surface area contributed by atoms with Crippen LogP contribution in [0.5, 0.6) is 0 Å². The molecule has 0 aliphatic rings. The molecule has 92 valence electrons. The molecule has 0 aliphatic heterocycles. The Kier molecular flexibility index (Phi) is 5.18. The SMILES string of the molecule is CCC(C)(C)C(Cl)(CC)C(C)(CC)CC.